The van der Waals surface area contributed by atoms with Gasteiger partial charge in [-0.05, 0) is 47.6 Å². The standard InChI is InChI=1S/C21H32N3O10P/c1-8-11-29-19(26)32-16-15(33-35(27,28)34-21(5,6)7)13(12-30-20(2,3)4)31-17(16)24-10-9-14(22)23-18(24)25/h1,9-10,13,15-17H,11-12H2,2-7H3,(H,27,28)(H2,22,23,25)/t13-,15?,16?,17-/m1/s1. The molecular weight excluding hydrogens is 485 g/mol. The molecule has 0 radical (unpaired) electrons. The van der Waals surface area contributed by atoms with Gasteiger partial charge >= 0.3 is 19.7 Å². The number of terminal acetylenes is 1. The molecule has 0 saturated carbocycles. The zero-order valence-corrected chi connectivity index (χ0v) is 21.4. The molecule has 0 spiro atoms. The van der Waals surface area contributed by atoms with E-state index in [1.54, 1.807) is 41.5 Å². The third kappa shape index (κ3) is 8.92. The number of aromatic nitrogens is 2. The van der Waals surface area contributed by atoms with E-state index < -0.39 is 62.0 Å². The maximum atomic E-state index is 12.8. The van der Waals surface area contributed by atoms with E-state index in [9.17, 15) is 19.0 Å². The smallest absolute Gasteiger partial charge is 0.423 e. The predicted octanol–water partition coefficient (Wildman–Crippen LogP) is 1.99. The molecule has 1 aliphatic rings. The van der Waals surface area contributed by atoms with Crippen LogP contribution in [0.5, 0.6) is 0 Å². The Kier molecular flexibility index (Phi) is 9.10. The van der Waals surface area contributed by atoms with Crippen LogP contribution in [0.25, 0.3) is 0 Å². The maximum absolute atomic E-state index is 12.8. The average molecular weight is 517 g/mol. The number of hydrogen-bond acceptors (Lipinski definition) is 11. The zero-order valence-electron chi connectivity index (χ0n) is 20.5. The number of nitrogens with zero attached hydrogens (tertiary/aromatic N) is 2. The van der Waals surface area contributed by atoms with E-state index >= 15 is 0 Å². The molecule has 1 aromatic heterocycles. The molecule has 3 unspecified atom stereocenters. The van der Waals surface area contributed by atoms with Gasteiger partial charge in [-0.15, -0.1) is 6.42 Å². The van der Waals surface area contributed by atoms with Crippen LogP contribution < -0.4 is 11.4 Å². The summed E-state index contributed by atoms with van der Waals surface area (Å²) >= 11 is 0. The van der Waals surface area contributed by atoms with E-state index in [4.69, 9.17) is 40.2 Å². The summed E-state index contributed by atoms with van der Waals surface area (Å²) in [5.41, 5.74) is 3.06. The van der Waals surface area contributed by atoms with E-state index in [2.05, 4.69) is 10.9 Å². The largest absolute Gasteiger partial charge is 0.509 e. The van der Waals surface area contributed by atoms with Crippen LogP contribution in [0.4, 0.5) is 10.6 Å². The molecule has 3 N–H and O–H groups in total. The van der Waals surface area contributed by atoms with Crippen molar-refractivity contribution in [1.29, 1.82) is 0 Å². The van der Waals surface area contributed by atoms with Gasteiger partial charge in [0, 0.05) is 6.20 Å². The van der Waals surface area contributed by atoms with E-state index in [0.29, 0.717) is 0 Å². The van der Waals surface area contributed by atoms with E-state index in [1.165, 1.54) is 12.3 Å². The third-order valence-corrected chi connectivity index (χ3v) is 5.53. The van der Waals surface area contributed by atoms with Gasteiger partial charge in [-0.2, -0.15) is 4.98 Å². The summed E-state index contributed by atoms with van der Waals surface area (Å²) in [4.78, 5) is 38.9. The van der Waals surface area contributed by atoms with Crippen molar-refractivity contribution in [3.05, 3.63) is 22.7 Å². The molecule has 1 fully saturated rings. The number of ether oxygens (including phenoxy) is 4. The molecular formula is C21H32N3O10P. The molecule has 5 atom stereocenters. The number of phosphoric acid groups is 1. The van der Waals surface area contributed by atoms with Crippen LogP contribution in [-0.2, 0) is 32.6 Å². The Balaban J connectivity index is 2.50. The van der Waals surface area contributed by atoms with Crippen molar-refractivity contribution in [1.82, 2.24) is 9.55 Å². The third-order valence-electron chi connectivity index (χ3n) is 4.24. The number of anilines is 1. The lowest BCUT2D eigenvalue weighted by Crippen LogP contribution is -2.42. The van der Waals surface area contributed by atoms with Gasteiger partial charge in [0.15, 0.2) is 18.9 Å². The van der Waals surface area contributed by atoms with Crippen LogP contribution in [0.2, 0.25) is 0 Å². The summed E-state index contributed by atoms with van der Waals surface area (Å²) in [6.45, 7) is 9.47. The fraction of sp³-hybridized carbons (Fsp3) is 0.667. The SMILES string of the molecule is C#CCOC(=O)OC1C(OP(=O)(O)OC(C)(C)C)[C@@H](COC(C)(C)C)O[C@H]1n1ccc(N)nc1=O. The van der Waals surface area contributed by atoms with Crippen molar-refractivity contribution in [3.63, 3.8) is 0 Å². The van der Waals surface area contributed by atoms with Gasteiger partial charge in [0.2, 0.25) is 0 Å². The lowest BCUT2D eigenvalue weighted by atomic mass is 10.1. The summed E-state index contributed by atoms with van der Waals surface area (Å²) in [5, 5.41) is 0. The second-order valence-corrected chi connectivity index (χ2v) is 10.9. The van der Waals surface area contributed by atoms with E-state index in [1.807, 2.05) is 0 Å². The summed E-state index contributed by atoms with van der Waals surface area (Å²) in [6.07, 6.45) is -0.165. The summed E-state index contributed by atoms with van der Waals surface area (Å²) in [6, 6.07) is 1.33. The number of carbonyl (C=O) groups excluding carboxylic acids is 1. The Hall–Kier alpha value is -2.46. The normalized spacial score (nSPS) is 24.4. The van der Waals surface area contributed by atoms with Crippen LogP contribution >= 0.6 is 7.82 Å². The maximum Gasteiger partial charge on any atom is 0.509 e. The minimum atomic E-state index is -4.73. The molecule has 2 heterocycles. The Morgan fingerprint density at radius 3 is 2.49 bits per heavy atom. The fourth-order valence-corrected chi connectivity index (χ4v) is 4.34. The number of carbonyl (C=O) groups is 1. The van der Waals surface area contributed by atoms with Crippen LogP contribution in [0.1, 0.15) is 47.8 Å². The van der Waals surface area contributed by atoms with Gasteiger partial charge in [0.25, 0.3) is 0 Å². The zero-order chi connectivity index (χ0) is 26.6. The van der Waals surface area contributed by atoms with E-state index in [-0.39, 0.29) is 12.4 Å². The van der Waals surface area contributed by atoms with Gasteiger partial charge in [0.05, 0.1) is 17.8 Å². The van der Waals surface area contributed by atoms with Crippen LogP contribution in [-0.4, -0.2) is 63.3 Å². The highest BCUT2D eigenvalue weighted by atomic mass is 31.2. The average Bonchev–Trinajstić information content (AvgIpc) is 2.98. The Labute approximate surface area is 203 Å². The number of nitrogens with two attached hydrogens (primary N) is 1. The second-order valence-electron chi connectivity index (χ2n) is 9.60. The van der Waals surface area contributed by atoms with Gasteiger partial charge < -0.3 is 29.6 Å². The van der Waals surface area contributed by atoms with Gasteiger partial charge in [-0.25, -0.2) is 14.2 Å². The molecule has 0 bridgehead atoms. The minimum Gasteiger partial charge on any atom is -0.423 e. The fourth-order valence-electron chi connectivity index (χ4n) is 3.04. The molecule has 0 aromatic carbocycles. The number of phosphoric ester groups is 1. The molecule has 0 aliphatic carbocycles. The number of nitrogen functional groups attached to an aromatic ring is 1. The highest BCUT2D eigenvalue weighted by Crippen LogP contribution is 2.51. The molecule has 2 rings (SSSR count). The first-order valence-electron chi connectivity index (χ1n) is 10.6. The first-order chi connectivity index (χ1) is 16.0. The quantitative estimate of drug-likeness (QED) is 0.292. The van der Waals surface area contributed by atoms with Gasteiger partial charge in [-0.3, -0.25) is 13.6 Å². The molecule has 35 heavy (non-hydrogen) atoms. The summed E-state index contributed by atoms with van der Waals surface area (Å²) in [5.74, 6) is 2.07. The first kappa shape index (κ1) is 28.8. The summed E-state index contributed by atoms with van der Waals surface area (Å²) < 4.78 is 46.2. The summed E-state index contributed by atoms with van der Waals surface area (Å²) in [7, 11) is -4.73. The minimum absolute atomic E-state index is 0.0472. The van der Waals surface area contributed by atoms with E-state index in [0.717, 1.165) is 4.57 Å². The second kappa shape index (κ2) is 11.1. The molecule has 1 saturated heterocycles. The van der Waals surface area contributed by atoms with Crippen molar-refractivity contribution < 1.29 is 42.2 Å². The van der Waals surface area contributed by atoms with Gasteiger partial charge in [-0.1, -0.05) is 5.92 Å². The van der Waals surface area contributed by atoms with Crippen molar-refractivity contribution in [2.24, 2.45) is 0 Å². The highest BCUT2D eigenvalue weighted by Gasteiger charge is 2.53. The molecule has 0 amide bonds. The number of hydrogen-bond donors (Lipinski definition) is 2. The van der Waals surface area contributed by atoms with Crippen LogP contribution in [0.15, 0.2) is 17.1 Å². The molecule has 196 valence electrons. The molecule has 1 aromatic rings. The monoisotopic (exact) mass is 517 g/mol. The van der Waals surface area contributed by atoms with Crippen molar-refractivity contribution >= 4 is 19.8 Å². The Morgan fingerprint density at radius 1 is 1.29 bits per heavy atom. The molecule has 14 heteroatoms. The Morgan fingerprint density at radius 2 is 1.94 bits per heavy atom. The van der Waals surface area contributed by atoms with Gasteiger partial charge in [0.1, 0.15) is 18.0 Å². The number of rotatable bonds is 8. The highest BCUT2D eigenvalue weighted by molar-refractivity contribution is 7.47. The molecule has 13 nitrogen and oxygen atoms in total. The topological polar surface area (TPSA) is 171 Å². The van der Waals surface area contributed by atoms with Crippen LogP contribution in [0.3, 0.4) is 0 Å². The van der Waals surface area contributed by atoms with Crippen molar-refractivity contribution in [2.45, 2.75) is 77.3 Å². The van der Waals surface area contributed by atoms with Crippen molar-refractivity contribution in [3.8, 4) is 12.3 Å². The molecule has 1 aliphatic heterocycles. The Bertz CT molecular complexity index is 1040. The lowest BCUT2D eigenvalue weighted by molar-refractivity contribution is -0.101. The first-order valence-corrected chi connectivity index (χ1v) is 12.1. The van der Waals surface area contributed by atoms with Crippen molar-refractivity contribution in [2.75, 3.05) is 18.9 Å². The predicted molar refractivity (Wildman–Crippen MR) is 123 cm³/mol. The lowest BCUT2D eigenvalue weighted by Gasteiger charge is -2.29. The van der Waals surface area contributed by atoms with Crippen LogP contribution in [0, 0.1) is 12.3 Å².